The molecule has 1 saturated heterocycles. The van der Waals surface area contributed by atoms with Gasteiger partial charge in [0.25, 0.3) is 0 Å². The van der Waals surface area contributed by atoms with E-state index in [-0.39, 0.29) is 0 Å². The Hall–Kier alpha value is -0.860. The topological polar surface area (TPSA) is 15.3 Å². The van der Waals surface area contributed by atoms with Crippen LogP contribution in [0, 0.1) is 6.92 Å². The number of nitrogens with one attached hydrogen (secondary N) is 1. The molecule has 0 radical (unpaired) electrons. The summed E-state index contributed by atoms with van der Waals surface area (Å²) in [6, 6.07) is 7.66. The molecule has 2 nitrogen and oxygen atoms in total. The molecular weight excluding hydrogens is 232 g/mol. The van der Waals surface area contributed by atoms with Crippen LogP contribution in [0.5, 0.6) is 0 Å². The van der Waals surface area contributed by atoms with Crippen LogP contribution in [0.15, 0.2) is 18.2 Å². The fourth-order valence-corrected chi connectivity index (χ4v) is 2.83. The molecule has 1 N–H and O–H groups in total. The molecule has 0 saturated carbocycles. The van der Waals surface area contributed by atoms with Gasteiger partial charge in [-0.2, -0.15) is 0 Å². The number of hydrogen-bond donors (Lipinski definition) is 1. The van der Waals surface area contributed by atoms with Crippen molar-refractivity contribution in [1.29, 1.82) is 0 Å². The average molecular weight is 260 g/mol. The number of aryl methyl sites for hydroxylation is 2. The summed E-state index contributed by atoms with van der Waals surface area (Å²) < 4.78 is 0. The third-order valence-corrected chi connectivity index (χ3v) is 4.43. The van der Waals surface area contributed by atoms with Crippen LogP contribution in [0.25, 0.3) is 0 Å². The van der Waals surface area contributed by atoms with Crippen molar-refractivity contribution in [3.05, 3.63) is 34.9 Å². The fraction of sp³-hybridized carbons (Fsp3) is 0.647. The molecule has 19 heavy (non-hydrogen) atoms. The van der Waals surface area contributed by atoms with E-state index >= 15 is 0 Å². The third kappa shape index (κ3) is 3.80. The molecule has 2 rings (SSSR count). The van der Waals surface area contributed by atoms with Crippen LogP contribution >= 0.6 is 0 Å². The first-order chi connectivity index (χ1) is 9.08. The van der Waals surface area contributed by atoms with Crippen molar-refractivity contribution in [2.75, 3.05) is 26.7 Å². The molecule has 1 aromatic rings. The summed E-state index contributed by atoms with van der Waals surface area (Å²) in [5, 5.41) is 3.50. The number of likely N-dealkylation sites (N-methyl/N-ethyl adjacent to an activating group) is 1. The van der Waals surface area contributed by atoms with E-state index in [9.17, 15) is 0 Å². The number of rotatable bonds is 4. The second-order valence-corrected chi connectivity index (χ2v) is 6.22. The van der Waals surface area contributed by atoms with Gasteiger partial charge in [0.1, 0.15) is 0 Å². The summed E-state index contributed by atoms with van der Waals surface area (Å²) in [7, 11) is 2.25. The van der Waals surface area contributed by atoms with Gasteiger partial charge in [0.15, 0.2) is 0 Å². The Labute approximate surface area is 118 Å². The highest BCUT2D eigenvalue weighted by atomic mass is 15.2. The zero-order chi connectivity index (χ0) is 13.8. The molecular formula is C17H28N2. The highest BCUT2D eigenvalue weighted by molar-refractivity contribution is 5.32. The van der Waals surface area contributed by atoms with E-state index in [4.69, 9.17) is 0 Å². The standard InChI is InChI=1S/C17H28N2/c1-13(2)15-6-5-14(3)16(11-15)7-8-17-12-18-9-10-19(17)4/h5-6,11,13,17-18H,7-10,12H2,1-4H3. The molecule has 1 aliphatic rings. The molecule has 1 unspecified atom stereocenters. The van der Waals surface area contributed by atoms with Gasteiger partial charge >= 0.3 is 0 Å². The van der Waals surface area contributed by atoms with Crippen LogP contribution in [0.2, 0.25) is 0 Å². The SMILES string of the molecule is Cc1ccc(C(C)C)cc1CCC1CNCCN1C. The molecule has 0 aliphatic carbocycles. The van der Waals surface area contributed by atoms with Crippen LogP contribution in [-0.2, 0) is 6.42 Å². The molecule has 1 aromatic carbocycles. The van der Waals surface area contributed by atoms with Crippen molar-refractivity contribution >= 4 is 0 Å². The molecule has 2 heteroatoms. The summed E-state index contributed by atoms with van der Waals surface area (Å²) >= 11 is 0. The maximum atomic E-state index is 3.50. The van der Waals surface area contributed by atoms with Crippen molar-refractivity contribution in [2.24, 2.45) is 0 Å². The molecule has 0 bridgehead atoms. The van der Waals surface area contributed by atoms with E-state index in [0.717, 1.165) is 13.1 Å². The van der Waals surface area contributed by atoms with Crippen molar-refractivity contribution in [3.63, 3.8) is 0 Å². The van der Waals surface area contributed by atoms with Gasteiger partial charge in [-0.25, -0.2) is 0 Å². The third-order valence-electron chi connectivity index (χ3n) is 4.43. The predicted molar refractivity (Wildman–Crippen MR) is 82.9 cm³/mol. The minimum absolute atomic E-state index is 0.623. The normalized spacial score (nSPS) is 21.0. The summed E-state index contributed by atoms with van der Waals surface area (Å²) in [6.07, 6.45) is 2.45. The van der Waals surface area contributed by atoms with E-state index in [0.29, 0.717) is 12.0 Å². The minimum Gasteiger partial charge on any atom is -0.314 e. The molecule has 0 amide bonds. The van der Waals surface area contributed by atoms with Crippen LogP contribution in [0.4, 0.5) is 0 Å². The Kier molecular flexibility index (Phi) is 5.00. The van der Waals surface area contributed by atoms with Gasteiger partial charge in [0.05, 0.1) is 0 Å². The van der Waals surface area contributed by atoms with Gasteiger partial charge in [0, 0.05) is 25.7 Å². The molecule has 1 heterocycles. The predicted octanol–water partition coefficient (Wildman–Crippen LogP) is 2.95. The first-order valence-corrected chi connectivity index (χ1v) is 7.58. The summed E-state index contributed by atoms with van der Waals surface area (Å²) in [5.74, 6) is 0.623. The molecule has 1 fully saturated rings. The molecule has 1 aliphatic heterocycles. The Balaban J connectivity index is 2.00. The maximum absolute atomic E-state index is 3.50. The van der Waals surface area contributed by atoms with Gasteiger partial charge < -0.3 is 10.2 Å². The monoisotopic (exact) mass is 260 g/mol. The Morgan fingerprint density at radius 3 is 2.84 bits per heavy atom. The number of piperazine rings is 1. The fourth-order valence-electron chi connectivity index (χ4n) is 2.83. The van der Waals surface area contributed by atoms with E-state index < -0.39 is 0 Å². The van der Waals surface area contributed by atoms with Gasteiger partial charge in [-0.3, -0.25) is 0 Å². The molecule has 0 aromatic heterocycles. The number of hydrogen-bond acceptors (Lipinski definition) is 2. The molecule has 1 atom stereocenters. The van der Waals surface area contributed by atoms with Gasteiger partial charge in [0.2, 0.25) is 0 Å². The van der Waals surface area contributed by atoms with Gasteiger partial charge in [-0.05, 0) is 49.4 Å². The second-order valence-electron chi connectivity index (χ2n) is 6.22. The lowest BCUT2D eigenvalue weighted by atomic mass is 9.94. The van der Waals surface area contributed by atoms with E-state index in [1.54, 1.807) is 0 Å². The highest BCUT2D eigenvalue weighted by Crippen LogP contribution is 2.20. The summed E-state index contributed by atoms with van der Waals surface area (Å²) in [5.41, 5.74) is 4.44. The lowest BCUT2D eigenvalue weighted by molar-refractivity contribution is 0.190. The van der Waals surface area contributed by atoms with Gasteiger partial charge in [-0.15, -0.1) is 0 Å². The quantitative estimate of drug-likeness (QED) is 0.895. The van der Waals surface area contributed by atoms with E-state index in [2.05, 4.69) is 56.2 Å². The second kappa shape index (κ2) is 6.53. The van der Waals surface area contributed by atoms with E-state index in [1.807, 2.05) is 0 Å². The van der Waals surface area contributed by atoms with Crippen molar-refractivity contribution in [3.8, 4) is 0 Å². The van der Waals surface area contributed by atoms with E-state index in [1.165, 1.54) is 36.1 Å². The summed E-state index contributed by atoms with van der Waals surface area (Å²) in [6.45, 7) is 10.2. The largest absolute Gasteiger partial charge is 0.314 e. The molecule has 106 valence electrons. The van der Waals surface area contributed by atoms with Crippen LogP contribution in [0.1, 0.15) is 42.9 Å². The van der Waals surface area contributed by atoms with Crippen molar-refractivity contribution < 1.29 is 0 Å². The van der Waals surface area contributed by atoms with Crippen LogP contribution < -0.4 is 5.32 Å². The van der Waals surface area contributed by atoms with Crippen LogP contribution in [0.3, 0.4) is 0 Å². The first-order valence-electron chi connectivity index (χ1n) is 7.58. The Morgan fingerprint density at radius 2 is 2.16 bits per heavy atom. The zero-order valence-electron chi connectivity index (χ0n) is 12.9. The Morgan fingerprint density at radius 1 is 1.37 bits per heavy atom. The van der Waals surface area contributed by atoms with Crippen LogP contribution in [-0.4, -0.2) is 37.6 Å². The first kappa shape index (κ1) is 14.5. The van der Waals surface area contributed by atoms with Crippen molar-refractivity contribution in [1.82, 2.24) is 10.2 Å². The zero-order valence-corrected chi connectivity index (χ0v) is 12.9. The maximum Gasteiger partial charge on any atom is 0.0221 e. The molecule has 0 spiro atoms. The van der Waals surface area contributed by atoms with Gasteiger partial charge in [-0.1, -0.05) is 32.0 Å². The lowest BCUT2D eigenvalue weighted by Gasteiger charge is -2.33. The van der Waals surface area contributed by atoms with Crippen molar-refractivity contribution in [2.45, 2.75) is 45.6 Å². The highest BCUT2D eigenvalue weighted by Gasteiger charge is 2.18. The summed E-state index contributed by atoms with van der Waals surface area (Å²) in [4.78, 5) is 2.50. The number of benzene rings is 1. The Bertz CT molecular complexity index is 412. The number of nitrogens with zero attached hydrogens (tertiary/aromatic N) is 1. The smallest absolute Gasteiger partial charge is 0.0221 e. The average Bonchev–Trinajstić information content (AvgIpc) is 2.39. The minimum atomic E-state index is 0.623. The lowest BCUT2D eigenvalue weighted by Crippen LogP contribution is -2.49.